The molecule has 11 heavy (non-hydrogen) atoms. The summed E-state index contributed by atoms with van der Waals surface area (Å²) in [5.74, 6) is 0.371. The maximum atomic E-state index is 11.1. The number of ether oxygens (including phenoxy) is 1. The minimum atomic E-state index is -0.397. The molecule has 0 radical (unpaired) electrons. The second kappa shape index (κ2) is 1.61. The molecule has 0 amide bonds. The number of aliphatic hydroxyl groups excluding tert-OH is 1. The van der Waals surface area contributed by atoms with Crippen molar-refractivity contribution in [1.82, 2.24) is 0 Å². The summed E-state index contributed by atoms with van der Waals surface area (Å²) >= 11 is 0. The summed E-state index contributed by atoms with van der Waals surface area (Å²) in [4.78, 5) is 11.1. The molecule has 0 aromatic heterocycles. The lowest BCUT2D eigenvalue weighted by atomic mass is 9.87. The number of carbonyl (C=O) groups excluding carboxylic acids is 1. The average Bonchev–Trinajstić information content (AvgIpc) is 2.47. The van der Waals surface area contributed by atoms with Gasteiger partial charge in [0, 0.05) is 5.92 Å². The lowest BCUT2D eigenvalue weighted by Gasteiger charge is -2.18. The van der Waals surface area contributed by atoms with Gasteiger partial charge in [0.25, 0.3) is 0 Å². The molecule has 3 fully saturated rings. The number of carbonyl (C=O) groups is 1. The van der Waals surface area contributed by atoms with Crippen LogP contribution >= 0.6 is 0 Å². The maximum Gasteiger partial charge on any atom is 0.312 e. The Hall–Kier alpha value is -0.570. The third kappa shape index (κ3) is 0.527. The van der Waals surface area contributed by atoms with Gasteiger partial charge in [-0.1, -0.05) is 0 Å². The average molecular weight is 154 g/mol. The molecule has 3 heteroatoms. The fourth-order valence-electron chi connectivity index (χ4n) is 2.95. The standard InChI is InChI=1S/C8H10O3/c9-7-3-1-4-5(2-3)11-8(10)6(4)7/h3-7,9H,1-2H2. The normalized spacial score (nSPS) is 58.6. The first kappa shape index (κ1) is 6.00. The Kier molecular flexibility index (Phi) is 0.876. The van der Waals surface area contributed by atoms with E-state index >= 15 is 0 Å². The first-order valence-electron chi connectivity index (χ1n) is 4.16. The lowest BCUT2D eigenvalue weighted by Crippen LogP contribution is -2.30. The van der Waals surface area contributed by atoms with Gasteiger partial charge in [0.2, 0.25) is 0 Å². The predicted octanol–water partition coefficient (Wildman–Crippen LogP) is -0.0713. The highest BCUT2D eigenvalue weighted by molar-refractivity contribution is 5.77. The number of aliphatic hydroxyl groups is 1. The Morgan fingerprint density at radius 3 is 2.91 bits per heavy atom. The Bertz CT molecular complexity index is 223. The SMILES string of the molecule is O=C1OC2CC3CC2C1C3O. The molecule has 60 valence electrons. The predicted molar refractivity (Wildman–Crippen MR) is 35.6 cm³/mol. The molecule has 3 rings (SSSR count). The molecule has 1 aliphatic heterocycles. The molecule has 1 N–H and O–H groups in total. The van der Waals surface area contributed by atoms with Crippen molar-refractivity contribution in [3.63, 3.8) is 0 Å². The molecule has 0 aromatic carbocycles. The molecule has 2 saturated carbocycles. The second-order valence-corrected chi connectivity index (χ2v) is 3.89. The van der Waals surface area contributed by atoms with Gasteiger partial charge in [0.1, 0.15) is 6.10 Å². The minimum Gasteiger partial charge on any atom is -0.462 e. The zero-order valence-electron chi connectivity index (χ0n) is 6.06. The van der Waals surface area contributed by atoms with Crippen LogP contribution < -0.4 is 0 Å². The van der Waals surface area contributed by atoms with Crippen molar-refractivity contribution < 1.29 is 14.6 Å². The highest BCUT2D eigenvalue weighted by Gasteiger charge is 2.61. The Morgan fingerprint density at radius 1 is 1.45 bits per heavy atom. The maximum absolute atomic E-state index is 11.1. The third-order valence-electron chi connectivity index (χ3n) is 3.44. The van der Waals surface area contributed by atoms with Crippen molar-refractivity contribution in [1.29, 1.82) is 0 Å². The van der Waals surface area contributed by atoms with Gasteiger partial charge in [-0.3, -0.25) is 4.79 Å². The first-order chi connectivity index (χ1) is 5.27. The van der Waals surface area contributed by atoms with Gasteiger partial charge in [-0.2, -0.15) is 0 Å². The monoisotopic (exact) mass is 154 g/mol. The Balaban J connectivity index is 2.05. The molecule has 0 aromatic rings. The van der Waals surface area contributed by atoms with E-state index in [9.17, 15) is 9.90 Å². The van der Waals surface area contributed by atoms with Crippen LogP contribution in [0.25, 0.3) is 0 Å². The van der Waals surface area contributed by atoms with Gasteiger partial charge in [-0.25, -0.2) is 0 Å². The summed E-state index contributed by atoms with van der Waals surface area (Å²) in [5.41, 5.74) is 0. The Labute approximate surface area is 64.3 Å². The van der Waals surface area contributed by atoms with Crippen LogP contribution in [0.2, 0.25) is 0 Å². The quantitative estimate of drug-likeness (QED) is 0.497. The molecular formula is C8H10O3. The molecule has 1 heterocycles. The van der Waals surface area contributed by atoms with Gasteiger partial charge in [-0.05, 0) is 18.8 Å². The molecule has 0 spiro atoms. The molecule has 1 saturated heterocycles. The van der Waals surface area contributed by atoms with Crippen molar-refractivity contribution in [2.75, 3.05) is 0 Å². The van der Waals surface area contributed by atoms with E-state index in [1.807, 2.05) is 0 Å². The highest BCUT2D eigenvalue weighted by Crippen LogP contribution is 2.54. The first-order valence-corrected chi connectivity index (χ1v) is 4.16. The van der Waals surface area contributed by atoms with Crippen molar-refractivity contribution in [3.05, 3.63) is 0 Å². The zero-order chi connectivity index (χ0) is 7.59. The molecule has 2 bridgehead atoms. The smallest absolute Gasteiger partial charge is 0.312 e. The van der Waals surface area contributed by atoms with Crippen LogP contribution in [0.5, 0.6) is 0 Å². The van der Waals surface area contributed by atoms with Crippen LogP contribution in [0.15, 0.2) is 0 Å². The fourth-order valence-corrected chi connectivity index (χ4v) is 2.95. The van der Waals surface area contributed by atoms with E-state index in [-0.39, 0.29) is 18.0 Å². The summed E-state index contributed by atoms with van der Waals surface area (Å²) < 4.78 is 5.11. The number of esters is 1. The van der Waals surface area contributed by atoms with Crippen LogP contribution in [0.3, 0.4) is 0 Å². The fraction of sp³-hybridized carbons (Fsp3) is 0.875. The summed E-state index contributed by atoms with van der Waals surface area (Å²) in [6, 6.07) is 0. The molecule has 3 nitrogen and oxygen atoms in total. The van der Waals surface area contributed by atoms with Crippen molar-refractivity contribution in [3.8, 4) is 0 Å². The van der Waals surface area contributed by atoms with E-state index in [0.29, 0.717) is 11.8 Å². The number of rotatable bonds is 0. The summed E-state index contributed by atoms with van der Waals surface area (Å²) in [6.45, 7) is 0. The van der Waals surface area contributed by atoms with Gasteiger partial charge in [0.05, 0.1) is 12.0 Å². The number of hydrogen-bond donors (Lipinski definition) is 1. The lowest BCUT2D eigenvalue weighted by molar-refractivity contribution is -0.144. The van der Waals surface area contributed by atoms with E-state index in [1.54, 1.807) is 0 Å². The molecule has 3 aliphatic rings. The van der Waals surface area contributed by atoms with E-state index in [4.69, 9.17) is 4.74 Å². The minimum absolute atomic E-state index is 0.154. The van der Waals surface area contributed by atoms with Crippen molar-refractivity contribution in [2.45, 2.75) is 25.0 Å². The molecule has 5 unspecified atom stereocenters. The van der Waals surface area contributed by atoms with Crippen LogP contribution in [-0.4, -0.2) is 23.3 Å². The third-order valence-corrected chi connectivity index (χ3v) is 3.44. The summed E-state index contributed by atoms with van der Waals surface area (Å²) in [6.07, 6.45) is 1.66. The van der Waals surface area contributed by atoms with Gasteiger partial charge in [0.15, 0.2) is 0 Å². The second-order valence-electron chi connectivity index (χ2n) is 3.89. The van der Waals surface area contributed by atoms with Gasteiger partial charge >= 0.3 is 5.97 Å². The number of fused-ring (bicyclic) bond motifs is 1. The van der Waals surface area contributed by atoms with E-state index in [1.165, 1.54) is 0 Å². The highest BCUT2D eigenvalue weighted by atomic mass is 16.6. The molecule has 2 aliphatic carbocycles. The van der Waals surface area contributed by atoms with E-state index < -0.39 is 6.10 Å². The Morgan fingerprint density at radius 2 is 2.27 bits per heavy atom. The summed E-state index contributed by atoms with van der Waals surface area (Å²) in [7, 11) is 0. The van der Waals surface area contributed by atoms with Crippen LogP contribution in [0, 0.1) is 17.8 Å². The van der Waals surface area contributed by atoms with Crippen LogP contribution in [-0.2, 0) is 9.53 Å². The zero-order valence-corrected chi connectivity index (χ0v) is 6.06. The number of hydrogen-bond acceptors (Lipinski definition) is 3. The van der Waals surface area contributed by atoms with Crippen molar-refractivity contribution in [2.24, 2.45) is 17.8 Å². The van der Waals surface area contributed by atoms with Crippen LogP contribution in [0.1, 0.15) is 12.8 Å². The van der Waals surface area contributed by atoms with Gasteiger partial charge < -0.3 is 9.84 Å². The molecule has 5 atom stereocenters. The van der Waals surface area contributed by atoms with E-state index in [0.717, 1.165) is 12.8 Å². The largest absolute Gasteiger partial charge is 0.462 e. The van der Waals surface area contributed by atoms with Crippen LogP contribution in [0.4, 0.5) is 0 Å². The van der Waals surface area contributed by atoms with Gasteiger partial charge in [-0.15, -0.1) is 0 Å². The summed E-state index contributed by atoms with van der Waals surface area (Å²) in [5, 5.41) is 9.58. The molecular weight excluding hydrogens is 144 g/mol. The topological polar surface area (TPSA) is 46.5 Å². The van der Waals surface area contributed by atoms with E-state index in [2.05, 4.69) is 0 Å². The van der Waals surface area contributed by atoms with Crippen molar-refractivity contribution >= 4 is 5.97 Å².